The topological polar surface area (TPSA) is 51.0 Å². The van der Waals surface area contributed by atoms with Gasteiger partial charge in [-0.3, -0.25) is 0 Å². The Balaban J connectivity index is 1.79. The van der Waals surface area contributed by atoms with Gasteiger partial charge in [0.25, 0.3) is 5.89 Å². The van der Waals surface area contributed by atoms with Gasteiger partial charge in [-0.25, -0.2) is 0 Å². The maximum atomic E-state index is 5.31. The van der Waals surface area contributed by atoms with E-state index in [0.29, 0.717) is 5.89 Å². The molecule has 1 aliphatic rings. The van der Waals surface area contributed by atoms with Crippen molar-refractivity contribution in [1.29, 1.82) is 0 Å². The quantitative estimate of drug-likeness (QED) is 0.889. The molecule has 4 nitrogen and oxygen atoms in total. The third-order valence-electron chi connectivity index (χ3n) is 3.08. The summed E-state index contributed by atoms with van der Waals surface area (Å²) < 4.78 is 5.31. The molecule has 0 aliphatic carbocycles. The first-order valence-electron chi connectivity index (χ1n) is 6.03. The molecule has 1 atom stereocenters. The molecule has 17 heavy (non-hydrogen) atoms. The average Bonchev–Trinajstić information content (AvgIpc) is 2.95. The number of hydrogen-bond acceptors (Lipinski definition) is 5. The van der Waals surface area contributed by atoms with Gasteiger partial charge in [0.1, 0.15) is 0 Å². The monoisotopic (exact) mass is 249 g/mol. The molecule has 1 fully saturated rings. The van der Waals surface area contributed by atoms with Gasteiger partial charge in [-0.2, -0.15) is 16.3 Å². The van der Waals surface area contributed by atoms with Crippen LogP contribution >= 0.6 is 11.3 Å². The predicted octanol–water partition coefficient (Wildman–Crippen LogP) is 3.00. The summed E-state index contributed by atoms with van der Waals surface area (Å²) in [5.74, 6) is 1.43. The van der Waals surface area contributed by atoms with Crippen molar-refractivity contribution in [1.82, 2.24) is 15.5 Å². The standard InChI is InChI=1S/C12H15N3OS/c1-2-4-10(13-6-3-1)11-14-12(16-15-11)9-5-7-17-8-9/h5,7-8,10,13H,1-4,6H2. The lowest BCUT2D eigenvalue weighted by molar-refractivity contribution is 0.402. The Hall–Kier alpha value is -1.20. The molecule has 5 heteroatoms. The number of hydrogen-bond donors (Lipinski definition) is 1. The summed E-state index contributed by atoms with van der Waals surface area (Å²) in [5.41, 5.74) is 1.02. The first-order valence-corrected chi connectivity index (χ1v) is 6.97. The van der Waals surface area contributed by atoms with E-state index in [-0.39, 0.29) is 6.04 Å². The van der Waals surface area contributed by atoms with E-state index in [1.54, 1.807) is 11.3 Å². The molecule has 2 aromatic heterocycles. The van der Waals surface area contributed by atoms with Crippen molar-refractivity contribution in [3.05, 3.63) is 22.7 Å². The summed E-state index contributed by atoms with van der Waals surface area (Å²) in [6, 6.07) is 2.26. The van der Waals surface area contributed by atoms with E-state index < -0.39 is 0 Å². The van der Waals surface area contributed by atoms with Crippen LogP contribution < -0.4 is 5.32 Å². The van der Waals surface area contributed by atoms with Crippen molar-refractivity contribution in [2.24, 2.45) is 0 Å². The maximum absolute atomic E-state index is 5.31. The Morgan fingerprint density at radius 2 is 2.35 bits per heavy atom. The molecule has 0 radical (unpaired) electrons. The van der Waals surface area contributed by atoms with Gasteiger partial charge in [-0.15, -0.1) is 0 Å². The highest BCUT2D eigenvalue weighted by Gasteiger charge is 2.19. The zero-order chi connectivity index (χ0) is 11.5. The molecule has 1 unspecified atom stereocenters. The molecule has 0 spiro atoms. The molecule has 1 saturated heterocycles. The van der Waals surface area contributed by atoms with Gasteiger partial charge in [-0.05, 0) is 30.8 Å². The molecular formula is C12H15N3OS. The summed E-state index contributed by atoms with van der Waals surface area (Å²) in [6.45, 7) is 1.05. The highest BCUT2D eigenvalue weighted by atomic mass is 32.1. The lowest BCUT2D eigenvalue weighted by Crippen LogP contribution is -2.21. The molecule has 0 saturated carbocycles. The van der Waals surface area contributed by atoms with Crippen molar-refractivity contribution in [3.63, 3.8) is 0 Å². The third kappa shape index (κ3) is 2.40. The van der Waals surface area contributed by atoms with Crippen LogP contribution in [0.5, 0.6) is 0 Å². The van der Waals surface area contributed by atoms with Crippen molar-refractivity contribution in [3.8, 4) is 11.5 Å². The van der Waals surface area contributed by atoms with E-state index in [0.717, 1.165) is 24.4 Å². The first-order chi connectivity index (χ1) is 8.43. The molecule has 0 amide bonds. The highest BCUT2D eigenvalue weighted by molar-refractivity contribution is 7.08. The molecule has 90 valence electrons. The maximum Gasteiger partial charge on any atom is 0.258 e. The Morgan fingerprint density at radius 1 is 1.35 bits per heavy atom. The fourth-order valence-corrected chi connectivity index (χ4v) is 2.76. The molecule has 3 rings (SSSR count). The van der Waals surface area contributed by atoms with Crippen molar-refractivity contribution in [2.45, 2.75) is 31.7 Å². The molecular weight excluding hydrogens is 234 g/mol. The zero-order valence-electron chi connectivity index (χ0n) is 9.56. The zero-order valence-corrected chi connectivity index (χ0v) is 10.4. The second kappa shape index (κ2) is 4.98. The van der Waals surface area contributed by atoms with Crippen LogP contribution in [0.3, 0.4) is 0 Å². The normalized spacial score (nSPS) is 21.3. The summed E-state index contributed by atoms with van der Waals surface area (Å²) in [7, 11) is 0. The molecule has 1 aliphatic heterocycles. The molecule has 1 N–H and O–H groups in total. The summed E-state index contributed by atoms with van der Waals surface area (Å²) in [4.78, 5) is 4.48. The van der Waals surface area contributed by atoms with Gasteiger partial charge in [0.05, 0.1) is 11.6 Å². The van der Waals surface area contributed by atoms with Gasteiger partial charge in [0.2, 0.25) is 0 Å². The third-order valence-corrected chi connectivity index (χ3v) is 3.77. The smallest absolute Gasteiger partial charge is 0.258 e. The van der Waals surface area contributed by atoms with Crippen LogP contribution in [0, 0.1) is 0 Å². The molecule has 2 aromatic rings. The van der Waals surface area contributed by atoms with Crippen LogP contribution in [0.15, 0.2) is 21.3 Å². The molecule has 0 aromatic carbocycles. The van der Waals surface area contributed by atoms with Crippen molar-refractivity contribution >= 4 is 11.3 Å². The van der Waals surface area contributed by atoms with Gasteiger partial charge < -0.3 is 9.84 Å². The van der Waals surface area contributed by atoms with E-state index in [4.69, 9.17) is 4.52 Å². The predicted molar refractivity (Wildman–Crippen MR) is 66.8 cm³/mol. The Kier molecular flexibility index (Phi) is 3.20. The van der Waals surface area contributed by atoms with Crippen LogP contribution in [0.1, 0.15) is 37.5 Å². The summed E-state index contributed by atoms with van der Waals surface area (Å²) in [5, 5.41) is 11.6. The minimum absolute atomic E-state index is 0.258. The van der Waals surface area contributed by atoms with Crippen LogP contribution in [-0.2, 0) is 0 Å². The summed E-state index contributed by atoms with van der Waals surface area (Å²) in [6.07, 6.45) is 4.87. The van der Waals surface area contributed by atoms with Crippen LogP contribution in [-0.4, -0.2) is 16.7 Å². The number of nitrogens with one attached hydrogen (secondary N) is 1. The molecule has 0 bridgehead atoms. The first kappa shape index (κ1) is 10.9. The van der Waals surface area contributed by atoms with Gasteiger partial charge in [0.15, 0.2) is 5.82 Å². The van der Waals surface area contributed by atoms with Gasteiger partial charge >= 0.3 is 0 Å². The van der Waals surface area contributed by atoms with Gasteiger partial charge in [-0.1, -0.05) is 18.0 Å². The second-order valence-corrected chi connectivity index (χ2v) is 5.11. The van der Waals surface area contributed by atoms with Crippen LogP contribution in [0.2, 0.25) is 0 Å². The SMILES string of the molecule is c1cc(-c2nc(C3CCCCCN3)no2)cs1. The number of rotatable bonds is 2. The van der Waals surface area contributed by atoms with Crippen molar-refractivity contribution in [2.75, 3.05) is 6.54 Å². The minimum Gasteiger partial charge on any atom is -0.334 e. The van der Waals surface area contributed by atoms with E-state index in [9.17, 15) is 0 Å². The average molecular weight is 249 g/mol. The lowest BCUT2D eigenvalue weighted by Gasteiger charge is -2.09. The Morgan fingerprint density at radius 3 is 3.24 bits per heavy atom. The fourth-order valence-electron chi connectivity index (χ4n) is 2.13. The van der Waals surface area contributed by atoms with E-state index >= 15 is 0 Å². The largest absolute Gasteiger partial charge is 0.334 e. The van der Waals surface area contributed by atoms with Gasteiger partial charge in [0, 0.05) is 5.38 Å². The number of aromatic nitrogens is 2. The van der Waals surface area contributed by atoms with E-state index in [1.807, 2.05) is 16.8 Å². The number of thiophene rings is 1. The minimum atomic E-state index is 0.258. The van der Waals surface area contributed by atoms with E-state index in [1.165, 1.54) is 19.3 Å². The highest BCUT2D eigenvalue weighted by Crippen LogP contribution is 2.24. The Bertz CT molecular complexity index is 458. The second-order valence-electron chi connectivity index (χ2n) is 4.33. The van der Waals surface area contributed by atoms with Crippen molar-refractivity contribution < 1.29 is 4.52 Å². The van der Waals surface area contributed by atoms with Crippen LogP contribution in [0.4, 0.5) is 0 Å². The van der Waals surface area contributed by atoms with E-state index in [2.05, 4.69) is 15.5 Å². The summed E-state index contributed by atoms with van der Waals surface area (Å²) >= 11 is 1.64. The molecule has 3 heterocycles. The fraction of sp³-hybridized carbons (Fsp3) is 0.500. The van der Waals surface area contributed by atoms with Crippen LogP contribution in [0.25, 0.3) is 11.5 Å². The number of nitrogens with zero attached hydrogens (tertiary/aromatic N) is 2. The Labute approximate surface area is 104 Å². The lowest BCUT2D eigenvalue weighted by atomic mass is 10.1.